The predicted octanol–water partition coefficient (Wildman–Crippen LogP) is 8.79. The molecular formula is C38H21N5. The molecule has 0 saturated carbocycles. The number of fused-ring (bicyclic) bond motifs is 3. The molecule has 0 amide bonds. The summed E-state index contributed by atoms with van der Waals surface area (Å²) < 4.78 is 2.22. The van der Waals surface area contributed by atoms with Gasteiger partial charge in [-0.3, -0.25) is 4.98 Å². The number of hydrogen-bond donors (Lipinski definition) is 0. The largest absolute Gasteiger partial charge is 0.309 e. The molecule has 5 heteroatoms. The Morgan fingerprint density at radius 1 is 0.419 bits per heavy atom. The van der Waals surface area contributed by atoms with Gasteiger partial charge >= 0.3 is 0 Å². The van der Waals surface area contributed by atoms with E-state index < -0.39 is 0 Å². The Hall–Kier alpha value is -6.48. The minimum absolute atomic E-state index is 0.561. The fourth-order valence-electron chi connectivity index (χ4n) is 5.65. The molecule has 5 nitrogen and oxygen atoms in total. The highest BCUT2D eigenvalue weighted by atomic mass is 15.0. The van der Waals surface area contributed by atoms with Crippen molar-refractivity contribution in [1.29, 1.82) is 15.8 Å². The molecule has 0 radical (unpaired) electrons. The standard InChI is InChI=1S/C38H21N5/c39-22-25-1-5-28(6-2-25)31-9-11-35-36-12-10-32(29-7-3-26(23-40)4-8-29)21-38(36)43(37(35)20-31)34-18-27(24-41)17-33(19-34)30-13-15-42-16-14-30/h1-21H. The van der Waals surface area contributed by atoms with E-state index in [0.29, 0.717) is 16.7 Å². The van der Waals surface area contributed by atoms with E-state index in [9.17, 15) is 15.8 Å². The maximum absolute atomic E-state index is 10.0. The van der Waals surface area contributed by atoms with E-state index >= 15 is 0 Å². The molecule has 2 heterocycles. The molecule has 0 atom stereocenters. The van der Waals surface area contributed by atoms with Gasteiger partial charge in [-0.2, -0.15) is 15.8 Å². The lowest BCUT2D eigenvalue weighted by Gasteiger charge is -2.13. The number of pyridine rings is 1. The fraction of sp³-hybridized carbons (Fsp3) is 0. The van der Waals surface area contributed by atoms with Crippen LogP contribution in [0.15, 0.2) is 128 Å². The van der Waals surface area contributed by atoms with Crippen LogP contribution in [-0.2, 0) is 0 Å². The van der Waals surface area contributed by atoms with E-state index in [2.05, 4.69) is 70.2 Å². The van der Waals surface area contributed by atoms with Gasteiger partial charge in [-0.15, -0.1) is 0 Å². The number of hydrogen-bond acceptors (Lipinski definition) is 4. The highest BCUT2D eigenvalue weighted by Gasteiger charge is 2.16. The summed E-state index contributed by atoms with van der Waals surface area (Å²) in [6.07, 6.45) is 3.50. The van der Waals surface area contributed by atoms with Crippen LogP contribution in [0.3, 0.4) is 0 Å². The van der Waals surface area contributed by atoms with Gasteiger partial charge in [0.15, 0.2) is 0 Å². The molecule has 0 fully saturated rings. The van der Waals surface area contributed by atoms with Crippen molar-refractivity contribution in [3.63, 3.8) is 0 Å². The van der Waals surface area contributed by atoms with E-state index in [4.69, 9.17) is 0 Å². The average Bonchev–Trinajstić information content (AvgIpc) is 3.41. The maximum atomic E-state index is 10.0. The van der Waals surface area contributed by atoms with Gasteiger partial charge < -0.3 is 4.57 Å². The normalized spacial score (nSPS) is 10.7. The molecule has 0 aliphatic carbocycles. The number of rotatable bonds is 4. The SMILES string of the molecule is N#Cc1ccc(-c2ccc3c4ccc(-c5ccc(C#N)cc5)cc4n(-c4cc(C#N)cc(-c5ccncc5)c4)c3c2)cc1. The maximum Gasteiger partial charge on any atom is 0.0992 e. The van der Waals surface area contributed by atoms with Crippen LogP contribution in [-0.4, -0.2) is 9.55 Å². The molecule has 0 saturated heterocycles. The van der Waals surface area contributed by atoms with Crippen molar-refractivity contribution < 1.29 is 0 Å². The van der Waals surface area contributed by atoms with Crippen LogP contribution in [0.25, 0.3) is 60.9 Å². The van der Waals surface area contributed by atoms with E-state index in [1.165, 1.54) is 0 Å². The molecular weight excluding hydrogens is 526 g/mol. The molecule has 0 N–H and O–H groups in total. The van der Waals surface area contributed by atoms with E-state index in [-0.39, 0.29) is 0 Å². The van der Waals surface area contributed by atoms with Crippen molar-refractivity contribution in [3.8, 4) is 57.3 Å². The van der Waals surface area contributed by atoms with Crippen LogP contribution in [0.1, 0.15) is 16.7 Å². The first kappa shape index (κ1) is 25.5. The topological polar surface area (TPSA) is 89.2 Å². The Morgan fingerprint density at radius 3 is 1.37 bits per heavy atom. The number of nitrogens with zero attached hydrogens (tertiary/aromatic N) is 5. The van der Waals surface area contributed by atoms with Gasteiger partial charge in [-0.1, -0.05) is 48.5 Å². The summed E-state index contributed by atoms with van der Waals surface area (Å²) >= 11 is 0. The van der Waals surface area contributed by atoms with Gasteiger partial charge in [0.1, 0.15) is 0 Å². The molecule has 43 heavy (non-hydrogen) atoms. The Balaban J connectivity index is 1.52. The van der Waals surface area contributed by atoms with E-state index in [0.717, 1.165) is 60.9 Å². The predicted molar refractivity (Wildman–Crippen MR) is 169 cm³/mol. The summed E-state index contributed by atoms with van der Waals surface area (Å²) in [6.45, 7) is 0. The smallest absolute Gasteiger partial charge is 0.0992 e. The molecule has 0 unspecified atom stereocenters. The number of benzene rings is 5. The van der Waals surface area contributed by atoms with Crippen LogP contribution in [0.4, 0.5) is 0 Å². The third-order valence-corrected chi connectivity index (χ3v) is 7.78. The minimum atomic E-state index is 0.561. The first-order valence-electron chi connectivity index (χ1n) is 13.7. The van der Waals surface area contributed by atoms with Crippen molar-refractivity contribution in [3.05, 3.63) is 144 Å². The van der Waals surface area contributed by atoms with Gasteiger partial charge in [0.2, 0.25) is 0 Å². The lowest BCUT2D eigenvalue weighted by atomic mass is 10.0. The van der Waals surface area contributed by atoms with Crippen molar-refractivity contribution in [2.45, 2.75) is 0 Å². The van der Waals surface area contributed by atoms with Crippen LogP contribution in [0.5, 0.6) is 0 Å². The van der Waals surface area contributed by atoms with Crippen molar-refractivity contribution in [2.75, 3.05) is 0 Å². The first-order chi connectivity index (χ1) is 21.1. The summed E-state index contributed by atoms with van der Waals surface area (Å²) in [7, 11) is 0. The zero-order valence-electron chi connectivity index (χ0n) is 22.9. The van der Waals surface area contributed by atoms with E-state index in [1.807, 2.05) is 72.8 Å². The Kier molecular flexibility index (Phi) is 6.22. The van der Waals surface area contributed by atoms with Gasteiger partial charge in [0, 0.05) is 28.9 Å². The van der Waals surface area contributed by atoms with Crippen LogP contribution < -0.4 is 0 Å². The third kappa shape index (κ3) is 4.56. The van der Waals surface area contributed by atoms with Gasteiger partial charge in [-0.05, 0) is 100 Å². The zero-order chi connectivity index (χ0) is 29.3. The molecule has 198 valence electrons. The second kappa shape index (κ2) is 10.5. The minimum Gasteiger partial charge on any atom is -0.309 e. The molecule has 0 spiro atoms. The Bertz CT molecular complexity index is 2180. The van der Waals surface area contributed by atoms with Gasteiger partial charge in [0.05, 0.1) is 45.9 Å². The highest BCUT2D eigenvalue weighted by molar-refractivity contribution is 6.11. The lowest BCUT2D eigenvalue weighted by Crippen LogP contribution is -1.96. The number of aromatic nitrogens is 2. The average molecular weight is 548 g/mol. The lowest BCUT2D eigenvalue weighted by molar-refractivity contribution is 1.18. The molecule has 7 rings (SSSR count). The summed E-state index contributed by atoms with van der Waals surface area (Å²) in [5, 5.41) is 30.7. The first-order valence-corrected chi connectivity index (χ1v) is 13.7. The van der Waals surface area contributed by atoms with Crippen LogP contribution >= 0.6 is 0 Å². The molecule has 5 aromatic carbocycles. The zero-order valence-corrected chi connectivity index (χ0v) is 22.9. The Morgan fingerprint density at radius 2 is 0.884 bits per heavy atom. The molecule has 0 bridgehead atoms. The van der Waals surface area contributed by atoms with Crippen LogP contribution in [0.2, 0.25) is 0 Å². The van der Waals surface area contributed by atoms with Crippen LogP contribution in [0, 0.1) is 34.0 Å². The summed E-state index contributed by atoms with van der Waals surface area (Å²) in [5.74, 6) is 0. The van der Waals surface area contributed by atoms with Crippen molar-refractivity contribution >= 4 is 21.8 Å². The molecule has 0 aliphatic heterocycles. The summed E-state index contributed by atoms with van der Waals surface area (Å²) in [4.78, 5) is 4.16. The third-order valence-electron chi connectivity index (χ3n) is 7.78. The highest BCUT2D eigenvalue weighted by Crippen LogP contribution is 2.38. The molecule has 0 aliphatic rings. The molecule has 7 aromatic rings. The summed E-state index contributed by atoms with van der Waals surface area (Å²) in [6, 6.07) is 44.6. The van der Waals surface area contributed by atoms with Gasteiger partial charge in [-0.25, -0.2) is 0 Å². The van der Waals surface area contributed by atoms with Crippen molar-refractivity contribution in [1.82, 2.24) is 9.55 Å². The van der Waals surface area contributed by atoms with Gasteiger partial charge in [0.25, 0.3) is 0 Å². The van der Waals surface area contributed by atoms with Crippen molar-refractivity contribution in [2.24, 2.45) is 0 Å². The summed E-state index contributed by atoms with van der Waals surface area (Å²) in [5.41, 5.74) is 10.7. The number of nitriles is 3. The Labute approximate surface area is 248 Å². The fourth-order valence-corrected chi connectivity index (χ4v) is 5.65. The second-order valence-electron chi connectivity index (χ2n) is 10.3. The quantitative estimate of drug-likeness (QED) is 0.220. The monoisotopic (exact) mass is 547 g/mol. The second-order valence-corrected chi connectivity index (χ2v) is 10.3. The van der Waals surface area contributed by atoms with E-state index in [1.54, 1.807) is 12.4 Å². The molecule has 2 aromatic heterocycles.